The second-order valence-electron chi connectivity index (χ2n) is 3.76. The molecule has 0 saturated heterocycles. The minimum atomic E-state index is -0.248. The number of nitrogens with one attached hydrogen (secondary N) is 2. The summed E-state index contributed by atoms with van der Waals surface area (Å²) in [6.45, 7) is 2.41. The van der Waals surface area contributed by atoms with Crippen molar-refractivity contribution in [1.29, 1.82) is 0 Å². The third-order valence-electron chi connectivity index (χ3n) is 2.44. The van der Waals surface area contributed by atoms with Crippen LogP contribution in [0.4, 0.5) is 4.79 Å². The van der Waals surface area contributed by atoms with E-state index in [1.54, 1.807) is 6.20 Å². The van der Waals surface area contributed by atoms with Crippen LogP contribution in [0.1, 0.15) is 19.0 Å². The predicted octanol–water partition coefficient (Wildman–Crippen LogP) is 0.694. The average molecular weight is 237 g/mol. The van der Waals surface area contributed by atoms with E-state index >= 15 is 0 Å². The van der Waals surface area contributed by atoms with Crippen LogP contribution in [0.15, 0.2) is 24.4 Å². The molecule has 0 aliphatic rings. The van der Waals surface area contributed by atoms with E-state index in [1.807, 2.05) is 25.1 Å². The van der Waals surface area contributed by atoms with Crippen LogP contribution >= 0.6 is 0 Å². The van der Waals surface area contributed by atoms with Crippen molar-refractivity contribution in [2.75, 3.05) is 13.2 Å². The zero-order valence-corrected chi connectivity index (χ0v) is 10.0. The SMILES string of the molecule is CCC(CO)NC(=O)NCCc1ccccn1. The minimum Gasteiger partial charge on any atom is -0.394 e. The highest BCUT2D eigenvalue weighted by Crippen LogP contribution is 1.93. The van der Waals surface area contributed by atoms with E-state index in [2.05, 4.69) is 15.6 Å². The Morgan fingerprint density at radius 2 is 2.35 bits per heavy atom. The number of aliphatic hydroxyl groups excluding tert-OH is 1. The smallest absolute Gasteiger partial charge is 0.315 e. The van der Waals surface area contributed by atoms with E-state index in [-0.39, 0.29) is 18.7 Å². The van der Waals surface area contributed by atoms with Gasteiger partial charge >= 0.3 is 6.03 Å². The molecular formula is C12H19N3O2. The summed E-state index contributed by atoms with van der Waals surface area (Å²) >= 11 is 0. The molecule has 1 heterocycles. The second kappa shape index (κ2) is 7.62. The number of amides is 2. The van der Waals surface area contributed by atoms with Crippen molar-refractivity contribution >= 4 is 6.03 Å². The summed E-state index contributed by atoms with van der Waals surface area (Å²) in [7, 11) is 0. The molecular weight excluding hydrogens is 218 g/mol. The number of pyridine rings is 1. The number of urea groups is 1. The summed E-state index contributed by atoms with van der Waals surface area (Å²) in [4.78, 5) is 15.6. The molecule has 0 saturated carbocycles. The molecule has 0 aromatic carbocycles. The fraction of sp³-hybridized carbons (Fsp3) is 0.500. The van der Waals surface area contributed by atoms with Crippen molar-refractivity contribution < 1.29 is 9.90 Å². The fourth-order valence-electron chi connectivity index (χ4n) is 1.36. The Kier molecular flexibility index (Phi) is 6.03. The highest BCUT2D eigenvalue weighted by molar-refractivity contribution is 5.74. The Hall–Kier alpha value is -1.62. The predicted molar refractivity (Wildman–Crippen MR) is 65.6 cm³/mol. The van der Waals surface area contributed by atoms with Gasteiger partial charge in [0.15, 0.2) is 0 Å². The molecule has 2 amide bonds. The molecule has 1 aromatic rings. The van der Waals surface area contributed by atoms with Gasteiger partial charge in [-0.15, -0.1) is 0 Å². The van der Waals surface area contributed by atoms with Crippen LogP contribution in [0.25, 0.3) is 0 Å². The summed E-state index contributed by atoms with van der Waals surface area (Å²) in [5.74, 6) is 0. The zero-order valence-electron chi connectivity index (χ0n) is 10.0. The number of aromatic nitrogens is 1. The Balaban J connectivity index is 2.20. The Morgan fingerprint density at radius 3 is 2.94 bits per heavy atom. The van der Waals surface area contributed by atoms with E-state index < -0.39 is 0 Å². The standard InChI is InChI=1S/C12H19N3O2/c1-2-10(9-16)15-12(17)14-8-6-11-5-3-4-7-13-11/h3-5,7,10,16H,2,6,8-9H2,1H3,(H2,14,15,17). The first-order chi connectivity index (χ1) is 8.26. The van der Waals surface area contributed by atoms with Gasteiger partial charge < -0.3 is 15.7 Å². The molecule has 0 fully saturated rings. The van der Waals surface area contributed by atoms with Crippen LogP contribution in [0.2, 0.25) is 0 Å². The minimum absolute atomic E-state index is 0.0375. The number of hydrogen-bond donors (Lipinski definition) is 3. The topological polar surface area (TPSA) is 74.2 Å². The Morgan fingerprint density at radius 1 is 1.53 bits per heavy atom. The van der Waals surface area contributed by atoms with Crippen molar-refractivity contribution in [3.63, 3.8) is 0 Å². The van der Waals surface area contributed by atoms with Crippen LogP contribution in [-0.2, 0) is 6.42 Å². The van der Waals surface area contributed by atoms with Crippen LogP contribution in [-0.4, -0.2) is 35.3 Å². The molecule has 0 aliphatic carbocycles. The maximum absolute atomic E-state index is 11.4. The first kappa shape index (κ1) is 13.4. The molecule has 5 heteroatoms. The van der Waals surface area contributed by atoms with Crippen molar-refractivity contribution in [2.45, 2.75) is 25.8 Å². The van der Waals surface area contributed by atoms with Crippen LogP contribution in [0.3, 0.4) is 0 Å². The van der Waals surface area contributed by atoms with E-state index in [9.17, 15) is 4.79 Å². The maximum atomic E-state index is 11.4. The summed E-state index contributed by atoms with van der Waals surface area (Å²) in [6, 6.07) is 5.27. The van der Waals surface area contributed by atoms with E-state index in [1.165, 1.54) is 0 Å². The van der Waals surface area contributed by atoms with E-state index in [0.29, 0.717) is 19.4 Å². The lowest BCUT2D eigenvalue weighted by atomic mass is 10.2. The normalized spacial score (nSPS) is 11.9. The molecule has 1 unspecified atom stereocenters. The van der Waals surface area contributed by atoms with Crippen molar-refractivity contribution in [3.8, 4) is 0 Å². The van der Waals surface area contributed by atoms with Gasteiger partial charge in [0.2, 0.25) is 0 Å². The zero-order chi connectivity index (χ0) is 12.5. The monoisotopic (exact) mass is 237 g/mol. The molecule has 17 heavy (non-hydrogen) atoms. The van der Waals surface area contributed by atoms with Gasteiger partial charge in [0.05, 0.1) is 12.6 Å². The van der Waals surface area contributed by atoms with E-state index in [0.717, 1.165) is 5.69 Å². The van der Waals surface area contributed by atoms with Crippen LogP contribution in [0.5, 0.6) is 0 Å². The highest BCUT2D eigenvalue weighted by Gasteiger charge is 2.07. The Labute approximate surface area is 101 Å². The molecule has 0 radical (unpaired) electrons. The highest BCUT2D eigenvalue weighted by atomic mass is 16.3. The number of carbonyl (C=O) groups excluding carboxylic acids is 1. The lowest BCUT2D eigenvalue weighted by Crippen LogP contribution is -2.44. The third-order valence-corrected chi connectivity index (χ3v) is 2.44. The number of aliphatic hydroxyl groups is 1. The van der Waals surface area contributed by atoms with Crippen molar-refractivity contribution in [1.82, 2.24) is 15.6 Å². The van der Waals surface area contributed by atoms with Gasteiger partial charge in [0, 0.05) is 24.9 Å². The second-order valence-corrected chi connectivity index (χ2v) is 3.76. The van der Waals surface area contributed by atoms with Gasteiger partial charge in [-0.3, -0.25) is 4.98 Å². The number of nitrogens with zero attached hydrogens (tertiary/aromatic N) is 1. The average Bonchev–Trinajstić information content (AvgIpc) is 2.37. The van der Waals surface area contributed by atoms with Crippen molar-refractivity contribution in [2.24, 2.45) is 0 Å². The molecule has 94 valence electrons. The number of carbonyl (C=O) groups is 1. The summed E-state index contributed by atoms with van der Waals surface area (Å²) in [5, 5.41) is 14.3. The molecule has 0 aliphatic heterocycles. The van der Waals surface area contributed by atoms with Crippen molar-refractivity contribution in [3.05, 3.63) is 30.1 Å². The molecule has 1 atom stereocenters. The fourth-order valence-corrected chi connectivity index (χ4v) is 1.36. The quantitative estimate of drug-likeness (QED) is 0.681. The maximum Gasteiger partial charge on any atom is 0.315 e. The van der Waals surface area contributed by atoms with Crippen LogP contribution < -0.4 is 10.6 Å². The van der Waals surface area contributed by atoms with Gasteiger partial charge in [-0.25, -0.2) is 4.79 Å². The summed E-state index contributed by atoms with van der Waals surface area (Å²) in [6.07, 6.45) is 3.14. The Bertz CT molecular complexity index is 326. The van der Waals surface area contributed by atoms with Gasteiger partial charge in [-0.1, -0.05) is 13.0 Å². The summed E-state index contributed by atoms with van der Waals surface area (Å²) in [5.41, 5.74) is 0.946. The van der Waals surface area contributed by atoms with Gasteiger partial charge in [0.1, 0.15) is 0 Å². The largest absolute Gasteiger partial charge is 0.394 e. The van der Waals surface area contributed by atoms with Gasteiger partial charge in [-0.2, -0.15) is 0 Å². The molecule has 0 spiro atoms. The van der Waals surface area contributed by atoms with Crippen LogP contribution in [0, 0.1) is 0 Å². The summed E-state index contributed by atoms with van der Waals surface area (Å²) < 4.78 is 0. The molecule has 1 rings (SSSR count). The van der Waals surface area contributed by atoms with Gasteiger partial charge in [0.25, 0.3) is 0 Å². The molecule has 1 aromatic heterocycles. The number of rotatable bonds is 6. The molecule has 0 bridgehead atoms. The molecule has 5 nitrogen and oxygen atoms in total. The number of hydrogen-bond acceptors (Lipinski definition) is 3. The lowest BCUT2D eigenvalue weighted by molar-refractivity contribution is 0.214. The lowest BCUT2D eigenvalue weighted by Gasteiger charge is -2.14. The first-order valence-corrected chi connectivity index (χ1v) is 5.81. The first-order valence-electron chi connectivity index (χ1n) is 5.81. The third kappa shape index (κ3) is 5.31. The van der Waals surface area contributed by atoms with E-state index in [4.69, 9.17) is 5.11 Å². The molecule has 3 N–H and O–H groups in total. The van der Waals surface area contributed by atoms with Gasteiger partial charge in [-0.05, 0) is 18.6 Å².